The molecule has 1 aliphatic heterocycles. The van der Waals surface area contributed by atoms with Gasteiger partial charge in [-0.05, 0) is 56.5 Å². The first kappa shape index (κ1) is 24.3. The Balaban J connectivity index is 1.32. The van der Waals surface area contributed by atoms with Crippen molar-refractivity contribution in [1.29, 1.82) is 0 Å². The van der Waals surface area contributed by atoms with Gasteiger partial charge in [-0.1, -0.05) is 60.2 Å². The smallest absolute Gasteiger partial charge is 0.186 e. The van der Waals surface area contributed by atoms with Crippen molar-refractivity contribution in [3.63, 3.8) is 0 Å². The molecule has 5 rings (SSSR count). The van der Waals surface area contributed by atoms with Gasteiger partial charge in [-0.15, -0.1) is 0 Å². The fourth-order valence-corrected chi connectivity index (χ4v) is 4.96. The first-order valence-corrected chi connectivity index (χ1v) is 12.9. The largest absolute Gasteiger partial charge is 0.490 e. The predicted octanol–water partition coefficient (Wildman–Crippen LogP) is 5.71. The standard InChI is InChI=1S/C31H35N3O2/c1-22-8-10-23(11-9-22)14-17-32-30(24-6-4-3-5-7-24)31(35)28-21-33-29-20-26(12-13-27(28)29)36-25-15-18-34(2)19-16-25/h3-13,20-21,25,30,32-33H,14-19H2,1-2H3/t30-/m0/s1. The third kappa shape index (κ3) is 5.69. The van der Waals surface area contributed by atoms with Gasteiger partial charge in [0.2, 0.25) is 0 Å². The minimum absolute atomic E-state index is 0.0698. The number of ether oxygens (including phenoxy) is 1. The normalized spacial score (nSPS) is 15.7. The number of aromatic nitrogens is 1. The second-order valence-electron chi connectivity index (χ2n) is 9.93. The summed E-state index contributed by atoms with van der Waals surface area (Å²) in [5.74, 6) is 0.925. The number of Topliss-reactive ketones (excluding diaryl/α,β-unsaturated/α-hetero) is 1. The summed E-state index contributed by atoms with van der Waals surface area (Å²) in [7, 11) is 2.15. The number of H-pyrrole nitrogens is 1. The van der Waals surface area contributed by atoms with Crippen molar-refractivity contribution < 1.29 is 9.53 Å². The van der Waals surface area contributed by atoms with Gasteiger partial charge >= 0.3 is 0 Å². The summed E-state index contributed by atoms with van der Waals surface area (Å²) in [6, 6.07) is 24.2. The summed E-state index contributed by atoms with van der Waals surface area (Å²) in [5.41, 5.74) is 5.12. The van der Waals surface area contributed by atoms with Crippen LogP contribution in [0.25, 0.3) is 10.9 Å². The Bertz CT molecular complexity index is 1290. The summed E-state index contributed by atoms with van der Waals surface area (Å²) < 4.78 is 6.26. The molecule has 0 radical (unpaired) electrons. The number of nitrogens with one attached hydrogen (secondary N) is 2. The molecule has 5 heteroatoms. The van der Waals surface area contributed by atoms with Crippen LogP contribution in [0.15, 0.2) is 79.0 Å². The van der Waals surface area contributed by atoms with Crippen molar-refractivity contribution >= 4 is 16.7 Å². The van der Waals surface area contributed by atoms with E-state index < -0.39 is 6.04 Å². The van der Waals surface area contributed by atoms with E-state index in [9.17, 15) is 4.79 Å². The first-order chi connectivity index (χ1) is 17.6. The number of hydrogen-bond acceptors (Lipinski definition) is 4. The van der Waals surface area contributed by atoms with Crippen LogP contribution < -0.4 is 10.1 Å². The number of likely N-dealkylation sites (tertiary alicyclic amines) is 1. The van der Waals surface area contributed by atoms with E-state index in [1.807, 2.05) is 54.7 Å². The minimum Gasteiger partial charge on any atom is -0.490 e. The maximum Gasteiger partial charge on any atom is 0.186 e. The van der Waals surface area contributed by atoms with Gasteiger partial charge in [0.1, 0.15) is 11.9 Å². The lowest BCUT2D eigenvalue weighted by Crippen LogP contribution is -2.35. The van der Waals surface area contributed by atoms with Crippen LogP contribution in [-0.2, 0) is 6.42 Å². The zero-order chi connectivity index (χ0) is 24.9. The summed E-state index contributed by atoms with van der Waals surface area (Å²) in [6.45, 7) is 4.93. The number of carbonyl (C=O) groups excluding carboxylic acids is 1. The number of rotatable bonds is 9. The summed E-state index contributed by atoms with van der Waals surface area (Å²) in [5, 5.41) is 4.46. The Labute approximate surface area is 213 Å². The molecule has 186 valence electrons. The van der Waals surface area contributed by atoms with Gasteiger partial charge in [-0.2, -0.15) is 0 Å². The molecule has 5 nitrogen and oxygen atoms in total. The maximum atomic E-state index is 13.8. The molecule has 0 unspecified atom stereocenters. The number of aryl methyl sites for hydroxylation is 1. The van der Waals surface area contributed by atoms with E-state index in [0.29, 0.717) is 12.1 Å². The number of hydrogen-bond donors (Lipinski definition) is 2. The zero-order valence-electron chi connectivity index (χ0n) is 21.2. The molecule has 0 aliphatic carbocycles. The first-order valence-electron chi connectivity index (χ1n) is 12.9. The fourth-order valence-electron chi connectivity index (χ4n) is 4.96. The molecule has 0 spiro atoms. The third-order valence-electron chi connectivity index (χ3n) is 7.16. The molecule has 1 aromatic heterocycles. The number of fused-ring (bicyclic) bond motifs is 1. The SMILES string of the molecule is Cc1ccc(CCN[C@H](C(=O)c2c[nH]c3cc(OC4CCN(C)CC4)ccc23)c2ccccc2)cc1. The minimum atomic E-state index is -0.411. The van der Waals surface area contributed by atoms with Crippen molar-refractivity contribution in [2.75, 3.05) is 26.7 Å². The lowest BCUT2D eigenvalue weighted by atomic mass is 9.96. The molecule has 2 N–H and O–H groups in total. The van der Waals surface area contributed by atoms with E-state index in [1.165, 1.54) is 11.1 Å². The molecule has 0 saturated carbocycles. The van der Waals surface area contributed by atoms with Gasteiger partial charge in [0.15, 0.2) is 5.78 Å². The predicted molar refractivity (Wildman–Crippen MR) is 146 cm³/mol. The van der Waals surface area contributed by atoms with Gasteiger partial charge in [0.05, 0.1) is 6.04 Å². The average molecular weight is 482 g/mol. The number of ketones is 1. The highest BCUT2D eigenvalue weighted by Gasteiger charge is 2.24. The number of aromatic amines is 1. The van der Waals surface area contributed by atoms with Crippen LogP contribution >= 0.6 is 0 Å². The van der Waals surface area contributed by atoms with Crippen LogP contribution in [0.1, 0.15) is 45.9 Å². The van der Waals surface area contributed by atoms with E-state index in [4.69, 9.17) is 4.74 Å². The third-order valence-corrected chi connectivity index (χ3v) is 7.16. The number of benzene rings is 3. The van der Waals surface area contributed by atoms with Crippen LogP contribution in [0, 0.1) is 6.92 Å². The lowest BCUT2D eigenvalue weighted by Gasteiger charge is -2.29. The van der Waals surface area contributed by atoms with E-state index >= 15 is 0 Å². The molecule has 2 heterocycles. The second kappa shape index (κ2) is 11.1. The van der Waals surface area contributed by atoms with Gasteiger partial charge in [0.25, 0.3) is 0 Å². The van der Waals surface area contributed by atoms with Crippen molar-refractivity contribution in [3.8, 4) is 5.75 Å². The Morgan fingerprint density at radius 1 is 1.06 bits per heavy atom. The highest BCUT2D eigenvalue weighted by Crippen LogP contribution is 2.29. The molecule has 4 aromatic rings. The maximum absolute atomic E-state index is 13.8. The van der Waals surface area contributed by atoms with Crippen molar-refractivity contribution in [2.45, 2.75) is 38.3 Å². The number of nitrogens with zero attached hydrogens (tertiary/aromatic N) is 1. The number of carbonyl (C=O) groups is 1. The molecule has 1 fully saturated rings. The number of piperidine rings is 1. The molecule has 3 aromatic carbocycles. The molecule has 0 amide bonds. The highest BCUT2D eigenvalue weighted by atomic mass is 16.5. The molecule has 1 saturated heterocycles. The molecule has 36 heavy (non-hydrogen) atoms. The topological polar surface area (TPSA) is 57.4 Å². The molecular weight excluding hydrogens is 446 g/mol. The van der Waals surface area contributed by atoms with Crippen molar-refractivity contribution in [1.82, 2.24) is 15.2 Å². The van der Waals surface area contributed by atoms with E-state index in [0.717, 1.165) is 54.6 Å². The van der Waals surface area contributed by atoms with Gasteiger partial charge in [0, 0.05) is 48.4 Å². The molecule has 1 aliphatic rings. The second-order valence-corrected chi connectivity index (χ2v) is 9.93. The Kier molecular flexibility index (Phi) is 7.49. The van der Waals surface area contributed by atoms with Crippen LogP contribution in [0.3, 0.4) is 0 Å². The van der Waals surface area contributed by atoms with Crippen LogP contribution in [0.2, 0.25) is 0 Å². The van der Waals surface area contributed by atoms with Crippen LogP contribution in [0.5, 0.6) is 5.75 Å². The van der Waals surface area contributed by atoms with E-state index in [2.05, 4.69) is 53.4 Å². The van der Waals surface area contributed by atoms with Gasteiger partial charge in [-0.25, -0.2) is 0 Å². The average Bonchev–Trinajstić information content (AvgIpc) is 3.32. The molecule has 1 atom stereocenters. The lowest BCUT2D eigenvalue weighted by molar-refractivity contribution is 0.0945. The Hall–Kier alpha value is -3.41. The van der Waals surface area contributed by atoms with Crippen LogP contribution in [-0.4, -0.2) is 48.5 Å². The van der Waals surface area contributed by atoms with E-state index in [-0.39, 0.29) is 11.9 Å². The summed E-state index contributed by atoms with van der Waals surface area (Å²) >= 11 is 0. The molecule has 0 bridgehead atoms. The highest BCUT2D eigenvalue weighted by molar-refractivity contribution is 6.10. The van der Waals surface area contributed by atoms with Crippen molar-refractivity contribution in [2.24, 2.45) is 0 Å². The summed E-state index contributed by atoms with van der Waals surface area (Å²) in [4.78, 5) is 19.5. The quantitative estimate of drug-likeness (QED) is 0.301. The van der Waals surface area contributed by atoms with Crippen LogP contribution in [0.4, 0.5) is 0 Å². The van der Waals surface area contributed by atoms with Gasteiger partial charge in [-0.3, -0.25) is 4.79 Å². The Morgan fingerprint density at radius 2 is 1.81 bits per heavy atom. The van der Waals surface area contributed by atoms with E-state index in [1.54, 1.807) is 0 Å². The van der Waals surface area contributed by atoms with Crippen molar-refractivity contribution in [3.05, 3.63) is 101 Å². The monoisotopic (exact) mass is 481 g/mol. The zero-order valence-corrected chi connectivity index (χ0v) is 21.2. The van der Waals surface area contributed by atoms with Gasteiger partial charge < -0.3 is 19.9 Å². The molecular formula is C31H35N3O2. The fraction of sp³-hybridized carbons (Fsp3) is 0.323. The summed E-state index contributed by atoms with van der Waals surface area (Å²) in [6.07, 6.45) is 5.02. The Morgan fingerprint density at radius 3 is 2.56 bits per heavy atom.